The van der Waals surface area contributed by atoms with Crippen molar-refractivity contribution in [3.05, 3.63) is 89.9 Å². The molecule has 0 aliphatic rings. The molecule has 0 aliphatic carbocycles. The van der Waals surface area contributed by atoms with Crippen molar-refractivity contribution in [2.45, 2.75) is 26.1 Å². The largest absolute Gasteiger partial charge is 0.491 e. The average Bonchev–Trinajstić information content (AvgIpc) is 3.15. The van der Waals surface area contributed by atoms with Gasteiger partial charge in [0, 0.05) is 13.1 Å². The molecular weight excluding hydrogens is 326 g/mol. The number of furan rings is 1. The van der Waals surface area contributed by atoms with Crippen molar-refractivity contribution < 1.29 is 14.3 Å². The van der Waals surface area contributed by atoms with Crippen LogP contribution in [0, 0.1) is 6.92 Å². The summed E-state index contributed by atoms with van der Waals surface area (Å²) in [6.07, 6.45) is 1.09. The Morgan fingerprint density at radius 3 is 2.42 bits per heavy atom. The zero-order valence-electron chi connectivity index (χ0n) is 15.0. The van der Waals surface area contributed by atoms with E-state index < -0.39 is 6.10 Å². The minimum absolute atomic E-state index is 0.256. The highest BCUT2D eigenvalue weighted by Crippen LogP contribution is 2.14. The summed E-state index contributed by atoms with van der Waals surface area (Å²) in [4.78, 5) is 2.16. The van der Waals surface area contributed by atoms with Crippen LogP contribution in [0.5, 0.6) is 5.75 Å². The Morgan fingerprint density at radius 2 is 1.73 bits per heavy atom. The normalized spacial score (nSPS) is 12.3. The number of aryl methyl sites for hydroxylation is 1. The molecule has 4 nitrogen and oxygen atoms in total. The van der Waals surface area contributed by atoms with Crippen LogP contribution in [-0.2, 0) is 13.1 Å². The molecule has 0 bridgehead atoms. The second-order valence-corrected chi connectivity index (χ2v) is 6.51. The Kier molecular flexibility index (Phi) is 6.47. The molecule has 0 radical (unpaired) electrons. The second kappa shape index (κ2) is 9.22. The van der Waals surface area contributed by atoms with Crippen molar-refractivity contribution in [3.63, 3.8) is 0 Å². The molecule has 4 heteroatoms. The summed E-state index contributed by atoms with van der Waals surface area (Å²) in [5.41, 5.74) is 2.39. The minimum Gasteiger partial charge on any atom is -0.491 e. The van der Waals surface area contributed by atoms with Crippen LogP contribution in [0.15, 0.2) is 77.4 Å². The lowest BCUT2D eigenvalue weighted by atomic mass is 10.2. The van der Waals surface area contributed by atoms with E-state index in [0.717, 1.165) is 18.1 Å². The van der Waals surface area contributed by atoms with Gasteiger partial charge in [-0.15, -0.1) is 0 Å². The van der Waals surface area contributed by atoms with Gasteiger partial charge in [0.1, 0.15) is 24.2 Å². The van der Waals surface area contributed by atoms with Gasteiger partial charge in [0.2, 0.25) is 0 Å². The summed E-state index contributed by atoms with van der Waals surface area (Å²) < 4.78 is 11.2. The van der Waals surface area contributed by atoms with E-state index >= 15 is 0 Å². The first kappa shape index (κ1) is 18.2. The molecule has 1 N–H and O–H groups in total. The fraction of sp³-hybridized carbons (Fsp3) is 0.273. The Hall–Kier alpha value is -2.56. The maximum absolute atomic E-state index is 10.4. The average molecular weight is 351 g/mol. The minimum atomic E-state index is -0.588. The molecule has 1 aromatic heterocycles. The summed E-state index contributed by atoms with van der Waals surface area (Å²) in [5, 5.41) is 10.4. The molecule has 26 heavy (non-hydrogen) atoms. The zero-order valence-corrected chi connectivity index (χ0v) is 15.0. The van der Waals surface area contributed by atoms with Gasteiger partial charge >= 0.3 is 0 Å². The summed E-state index contributed by atoms with van der Waals surface area (Å²) >= 11 is 0. The number of aliphatic hydroxyl groups is 1. The maximum atomic E-state index is 10.4. The topological polar surface area (TPSA) is 45.8 Å². The van der Waals surface area contributed by atoms with Crippen LogP contribution < -0.4 is 4.74 Å². The maximum Gasteiger partial charge on any atom is 0.119 e. The number of rotatable bonds is 9. The molecular formula is C22H25NO3. The van der Waals surface area contributed by atoms with Gasteiger partial charge in [-0.25, -0.2) is 0 Å². The Labute approximate surface area is 154 Å². The molecule has 0 amide bonds. The quantitative estimate of drug-likeness (QED) is 0.632. The molecule has 136 valence electrons. The van der Waals surface area contributed by atoms with Crippen LogP contribution >= 0.6 is 0 Å². The number of benzene rings is 2. The first-order valence-electron chi connectivity index (χ1n) is 8.85. The van der Waals surface area contributed by atoms with E-state index in [1.807, 2.05) is 61.5 Å². The van der Waals surface area contributed by atoms with E-state index in [2.05, 4.69) is 17.0 Å². The van der Waals surface area contributed by atoms with Gasteiger partial charge in [-0.2, -0.15) is 0 Å². The molecule has 0 saturated carbocycles. The molecule has 0 spiro atoms. The lowest BCUT2D eigenvalue weighted by Gasteiger charge is -2.24. The Bertz CT molecular complexity index is 754. The predicted octanol–water partition coefficient (Wildman–Crippen LogP) is 4.03. The third-order valence-electron chi connectivity index (χ3n) is 4.14. The van der Waals surface area contributed by atoms with Crippen molar-refractivity contribution in [3.8, 4) is 5.75 Å². The first-order chi connectivity index (χ1) is 12.7. The smallest absolute Gasteiger partial charge is 0.119 e. The second-order valence-electron chi connectivity index (χ2n) is 6.51. The van der Waals surface area contributed by atoms with Gasteiger partial charge in [-0.05, 0) is 36.8 Å². The van der Waals surface area contributed by atoms with E-state index in [1.54, 1.807) is 6.26 Å². The molecule has 1 heterocycles. The monoisotopic (exact) mass is 351 g/mol. The number of nitrogens with zero attached hydrogens (tertiary/aromatic N) is 1. The lowest BCUT2D eigenvalue weighted by molar-refractivity contribution is 0.0604. The van der Waals surface area contributed by atoms with Crippen LogP contribution in [0.1, 0.15) is 16.9 Å². The van der Waals surface area contributed by atoms with Crippen molar-refractivity contribution >= 4 is 0 Å². The van der Waals surface area contributed by atoms with Crippen molar-refractivity contribution in [2.24, 2.45) is 0 Å². The van der Waals surface area contributed by atoms with Gasteiger partial charge < -0.3 is 14.3 Å². The molecule has 1 atom stereocenters. The molecule has 3 aromatic rings. The van der Waals surface area contributed by atoms with E-state index in [4.69, 9.17) is 9.15 Å². The van der Waals surface area contributed by atoms with Crippen LogP contribution in [0.2, 0.25) is 0 Å². The highest BCUT2D eigenvalue weighted by atomic mass is 16.5. The van der Waals surface area contributed by atoms with E-state index in [9.17, 15) is 5.11 Å². The molecule has 0 fully saturated rings. The summed E-state index contributed by atoms with van der Waals surface area (Å²) in [5.74, 6) is 1.66. The van der Waals surface area contributed by atoms with Gasteiger partial charge in [-0.1, -0.05) is 48.0 Å². The van der Waals surface area contributed by atoms with Crippen LogP contribution in [0.3, 0.4) is 0 Å². The van der Waals surface area contributed by atoms with Crippen LogP contribution in [0.25, 0.3) is 0 Å². The van der Waals surface area contributed by atoms with E-state index in [1.165, 1.54) is 11.1 Å². The fourth-order valence-corrected chi connectivity index (χ4v) is 2.83. The standard InChI is InChI=1S/C22H25NO3/c1-18-9-11-21(12-10-18)26-17-20(24)15-23(16-22-8-5-13-25-22)14-19-6-3-2-4-7-19/h2-13,20,24H,14-17H2,1H3. The molecule has 0 aliphatic heterocycles. The van der Waals surface area contributed by atoms with E-state index in [0.29, 0.717) is 13.1 Å². The molecule has 2 aromatic carbocycles. The Balaban J connectivity index is 1.57. The van der Waals surface area contributed by atoms with E-state index in [-0.39, 0.29) is 6.61 Å². The van der Waals surface area contributed by atoms with Gasteiger partial charge in [0.05, 0.1) is 12.8 Å². The summed E-state index contributed by atoms with van der Waals surface area (Å²) in [7, 11) is 0. The van der Waals surface area contributed by atoms with Crippen LogP contribution in [-0.4, -0.2) is 29.3 Å². The number of aliphatic hydroxyl groups excluding tert-OH is 1. The van der Waals surface area contributed by atoms with Gasteiger partial charge in [0.25, 0.3) is 0 Å². The first-order valence-corrected chi connectivity index (χ1v) is 8.85. The third kappa shape index (κ3) is 5.76. The van der Waals surface area contributed by atoms with Crippen molar-refractivity contribution in [1.29, 1.82) is 0 Å². The van der Waals surface area contributed by atoms with Gasteiger partial charge in [0.15, 0.2) is 0 Å². The van der Waals surface area contributed by atoms with Crippen molar-refractivity contribution in [1.82, 2.24) is 4.90 Å². The van der Waals surface area contributed by atoms with Crippen molar-refractivity contribution in [2.75, 3.05) is 13.2 Å². The Morgan fingerprint density at radius 1 is 0.962 bits per heavy atom. The highest BCUT2D eigenvalue weighted by Gasteiger charge is 2.15. The third-order valence-corrected chi connectivity index (χ3v) is 4.14. The van der Waals surface area contributed by atoms with Gasteiger partial charge in [-0.3, -0.25) is 4.90 Å². The lowest BCUT2D eigenvalue weighted by Crippen LogP contribution is -2.35. The molecule has 1 unspecified atom stereocenters. The molecule has 0 saturated heterocycles. The summed E-state index contributed by atoms with van der Waals surface area (Å²) in [6, 6.07) is 21.9. The molecule has 3 rings (SSSR count). The predicted molar refractivity (Wildman–Crippen MR) is 102 cm³/mol. The number of hydrogen-bond acceptors (Lipinski definition) is 4. The number of ether oxygens (including phenoxy) is 1. The van der Waals surface area contributed by atoms with Crippen LogP contribution in [0.4, 0.5) is 0 Å². The zero-order chi connectivity index (χ0) is 18.2. The SMILES string of the molecule is Cc1ccc(OCC(O)CN(Cc2ccccc2)Cc2ccco2)cc1. The summed E-state index contributed by atoms with van der Waals surface area (Å²) in [6.45, 7) is 4.18. The number of hydrogen-bond donors (Lipinski definition) is 1. The highest BCUT2D eigenvalue weighted by molar-refractivity contribution is 5.26. The fourth-order valence-electron chi connectivity index (χ4n) is 2.83.